The van der Waals surface area contributed by atoms with Crippen molar-refractivity contribution in [3.05, 3.63) is 65.5 Å². The Morgan fingerprint density at radius 1 is 1.12 bits per heavy atom. The molecule has 0 bridgehead atoms. The molecule has 0 spiro atoms. The number of pyridine rings is 3. The number of sulfonamides is 1. The van der Waals surface area contributed by atoms with Gasteiger partial charge in [0, 0.05) is 29.5 Å². The second kappa shape index (κ2) is 8.29. The fourth-order valence-corrected chi connectivity index (χ4v) is 3.83. The Bertz CT molecular complexity index is 1550. The zero-order valence-corrected chi connectivity index (χ0v) is 17.1. The number of fused-ring (bicyclic) bond motifs is 1. The molecule has 0 radical (unpaired) electrons. The third-order valence-electron chi connectivity index (χ3n) is 4.18. The lowest BCUT2D eigenvalue weighted by molar-refractivity contribution is 0.385. The number of aromatic amines is 1. The summed E-state index contributed by atoms with van der Waals surface area (Å²) in [5.41, 5.74) is 1.01. The number of hydrogen-bond acceptors (Lipinski definition) is 8. The number of H-pyrrole nitrogens is 1. The minimum Gasteiger partial charge on any atom is -0.480 e. The highest BCUT2D eigenvalue weighted by atomic mass is 32.2. The molecular formula is C20H12FN7O3S. The van der Waals surface area contributed by atoms with Crippen molar-refractivity contribution in [3.63, 3.8) is 0 Å². The first-order chi connectivity index (χ1) is 15.4. The number of halogens is 1. The molecule has 4 heterocycles. The summed E-state index contributed by atoms with van der Waals surface area (Å²) in [6.45, 7) is 0. The van der Waals surface area contributed by atoms with Crippen LogP contribution >= 0.6 is 0 Å². The van der Waals surface area contributed by atoms with Gasteiger partial charge in [-0.05, 0) is 18.2 Å². The van der Waals surface area contributed by atoms with Crippen LogP contribution in [0.4, 0.5) is 10.2 Å². The maximum absolute atomic E-state index is 14.9. The Kier molecular flexibility index (Phi) is 5.37. The van der Waals surface area contributed by atoms with E-state index in [1.54, 1.807) is 18.3 Å². The van der Waals surface area contributed by atoms with Crippen LogP contribution in [0, 0.1) is 29.0 Å². The van der Waals surface area contributed by atoms with E-state index in [1.165, 1.54) is 25.6 Å². The van der Waals surface area contributed by atoms with Gasteiger partial charge in [-0.15, -0.1) is 0 Å². The molecule has 4 aromatic heterocycles. The Hall–Kier alpha value is -4.55. The fraction of sp³-hybridized carbons (Fsp3) is 0.0500. The van der Waals surface area contributed by atoms with E-state index >= 15 is 0 Å². The van der Waals surface area contributed by atoms with Gasteiger partial charge in [0.05, 0.1) is 24.4 Å². The van der Waals surface area contributed by atoms with E-state index in [9.17, 15) is 12.8 Å². The van der Waals surface area contributed by atoms with Gasteiger partial charge in [0.25, 0.3) is 10.0 Å². The van der Waals surface area contributed by atoms with Crippen LogP contribution in [-0.4, -0.2) is 40.7 Å². The lowest BCUT2D eigenvalue weighted by Crippen LogP contribution is -2.17. The summed E-state index contributed by atoms with van der Waals surface area (Å²) in [6, 6.07) is 5.88. The molecule has 32 heavy (non-hydrogen) atoms. The summed E-state index contributed by atoms with van der Waals surface area (Å²) in [6.07, 6.45) is 5.45. The van der Waals surface area contributed by atoms with Crippen LogP contribution in [-0.2, 0) is 10.0 Å². The van der Waals surface area contributed by atoms with Crippen molar-refractivity contribution < 1.29 is 17.5 Å². The lowest BCUT2D eigenvalue weighted by Gasteiger charge is -2.11. The van der Waals surface area contributed by atoms with Crippen LogP contribution in [0.2, 0.25) is 0 Å². The molecular weight excluding hydrogens is 437 g/mol. The maximum atomic E-state index is 14.9. The summed E-state index contributed by atoms with van der Waals surface area (Å²) < 4.78 is 47.5. The molecule has 0 atom stereocenters. The highest BCUT2D eigenvalue weighted by molar-refractivity contribution is 7.92. The Balaban J connectivity index is 1.67. The minimum absolute atomic E-state index is 0.0116. The highest BCUT2D eigenvalue weighted by Crippen LogP contribution is 2.25. The van der Waals surface area contributed by atoms with Crippen LogP contribution < -0.4 is 9.46 Å². The minimum atomic E-state index is -4.37. The molecule has 0 aliphatic carbocycles. The van der Waals surface area contributed by atoms with Crippen molar-refractivity contribution in [1.29, 1.82) is 5.26 Å². The van der Waals surface area contributed by atoms with Gasteiger partial charge in [0.1, 0.15) is 6.07 Å². The Morgan fingerprint density at radius 2 is 1.94 bits per heavy atom. The average molecular weight is 449 g/mol. The summed E-state index contributed by atoms with van der Waals surface area (Å²) >= 11 is 0. The first kappa shape index (κ1) is 20.7. The van der Waals surface area contributed by atoms with Gasteiger partial charge in [-0.2, -0.15) is 10.4 Å². The number of nitriles is 1. The van der Waals surface area contributed by atoms with Crippen molar-refractivity contribution in [2.75, 3.05) is 11.8 Å². The molecule has 4 aromatic rings. The highest BCUT2D eigenvalue weighted by Gasteiger charge is 2.24. The van der Waals surface area contributed by atoms with E-state index in [0.717, 1.165) is 17.6 Å². The van der Waals surface area contributed by atoms with E-state index in [0.29, 0.717) is 11.2 Å². The second-order valence-electron chi connectivity index (χ2n) is 6.25. The molecule has 0 aliphatic heterocycles. The van der Waals surface area contributed by atoms with Crippen LogP contribution in [0.25, 0.3) is 11.0 Å². The van der Waals surface area contributed by atoms with Crippen LogP contribution in [0.15, 0.2) is 47.9 Å². The van der Waals surface area contributed by atoms with Gasteiger partial charge in [0.15, 0.2) is 22.2 Å². The Morgan fingerprint density at radius 3 is 2.72 bits per heavy atom. The van der Waals surface area contributed by atoms with Crippen molar-refractivity contribution in [2.24, 2.45) is 0 Å². The fourth-order valence-electron chi connectivity index (χ4n) is 2.68. The molecule has 158 valence electrons. The molecule has 0 saturated heterocycles. The van der Waals surface area contributed by atoms with Crippen molar-refractivity contribution >= 4 is 26.9 Å². The number of nitrogens with zero attached hydrogens (tertiary/aromatic N) is 5. The van der Waals surface area contributed by atoms with Gasteiger partial charge in [0.2, 0.25) is 5.88 Å². The number of methoxy groups -OCH3 is 1. The third-order valence-corrected chi connectivity index (χ3v) is 5.52. The summed E-state index contributed by atoms with van der Waals surface area (Å²) in [5, 5.41) is 16.3. The van der Waals surface area contributed by atoms with Gasteiger partial charge in [-0.1, -0.05) is 11.8 Å². The molecule has 12 heteroatoms. The Labute approximate surface area is 181 Å². The topological polar surface area (TPSA) is 147 Å². The molecule has 0 saturated carbocycles. The monoisotopic (exact) mass is 449 g/mol. The number of ether oxygens (including phenoxy) is 1. The smallest absolute Gasteiger partial charge is 0.268 e. The van der Waals surface area contributed by atoms with Crippen molar-refractivity contribution in [2.45, 2.75) is 4.90 Å². The summed E-state index contributed by atoms with van der Waals surface area (Å²) in [4.78, 5) is 11.2. The van der Waals surface area contributed by atoms with E-state index in [4.69, 9.17) is 10.00 Å². The molecule has 10 nitrogen and oxygen atoms in total. The first-order valence-electron chi connectivity index (χ1n) is 8.84. The zero-order valence-electron chi connectivity index (χ0n) is 16.3. The van der Waals surface area contributed by atoms with Gasteiger partial charge >= 0.3 is 0 Å². The van der Waals surface area contributed by atoms with Crippen LogP contribution in [0.5, 0.6) is 5.88 Å². The lowest BCUT2D eigenvalue weighted by atomic mass is 10.2. The van der Waals surface area contributed by atoms with Crippen LogP contribution in [0.1, 0.15) is 16.7 Å². The van der Waals surface area contributed by atoms with Crippen LogP contribution in [0.3, 0.4) is 0 Å². The average Bonchev–Trinajstić information content (AvgIpc) is 3.27. The molecule has 0 fully saturated rings. The van der Waals surface area contributed by atoms with E-state index in [-0.39, 0.29) is 17.0 Å². The summed E-state index contributed by atoms with van der Waals surface area (Å²) in [7, 11) is -3.15. The normalized spacial score (nSPS) is 10.8. The van der Waals surface area contributed by atoms with E-state index in [2.05, 4.69) is 41.7 Å². The number of nitrogens with one attached hydrogen (secondary N) is 2. The number of hydrogen-bond donors (Lipinski definition) is 2. The van der Waals surface area contributed by atoms with Gasteiger partial charge in [-0.25, -0.2) is 27.8 Å². The number of rotatable bonds is 4. The predicted octanol–water partition coefficient (Wildman–Crippen LogP) is 1.97. The van der Waals surface area contributed by atoms with Crippen molar-refractivity contribution in [1.82, 2.24) is 25.1 Å². The second-order valence-corrected chi connectivity index (χ2v) is 7.90. The molecule has 2 N–H and O–H groups in total. The van der Waals surface area contributed by atoms with Crippen molar-refractivity contribution in [3.8, 4) is 23.8 Å². The van der Waals surface area contributed by atoms with E-state index < -0.39 is 26.6 Å². The molecule has 0 amide bonds. The standard InChI is InChI=1S/C20H12FN7O3S/c1-31-20-16(7-13(8-22)10-25-20)32(29,30)28-19-17(21)14(4-5-23-19)3-2-12-6-15-11-26-27-18(15)24-9-12/h4-7,9-11H,1H3,(H,23,28)(H,24,26,27). The first-order valence-corrected chi connectivity index (χ1v) is 10.3. The molecule has 4 rings (SSSR count). The number of anilines is 1. The predicted molar refractivity (Wildman–Crippen MR) is 110 cm³/mol. The van der Waals surface area contributed by atoms with Gasteiger partial charge < -0.3 is 4.74 Å². The number of aromatic nitrogens is 5. The SMILES string of the molecule is COc1ncc(C#N)cc1S(=O)(=O)Nc1nccc(C#Cc2cnc3[nH]ncc3c2)c1F. The quantitative estimate of drug-likeness (QED) is 0.450. The maximum Gasteiger partial charge on any atom is 0.268 e. The third kappa shape index (κ3) is 4.03. The molecule has 0 aliphatic rings. The largest absolute Gasteiger partial charge is 0.480 e. The zero-order chi connectivity index (χ0) is 22.7. The van der Waals surface area contributed by atoms with E-state index in [1.807, 2.05) is 0 Å². The molecule has 0 aromatic carbocycles. The molecule has 0 unspecified atom stereocenters. The van der Waals surface area contributed by atoms with Gasteiger partial charge in [-0.3, -0.25) is 9.82 Å². The summed E-state index contributed by atoms with van der Waals surface area (Å²) in [5.74, 6) is 3.63.